The number of hydrogen-bond donors (Lipinski definition) is 0. The van der Waals surface area contributed by atoms with E-state index < -0.39 is 0 Å². The predicted octanol–water partition coefficient (Wildman–Crippen LogP) is 2.31. The Balaban J connectivity index is 1.18. The third-order valence-corrected chi connectivity index (χ3v) is 6.79. The summed E-state index contributed by atoms with van der Waals surface area (Å²) in [6.07, 6.45) is 5.63. The number of rotatable bonds is 4. The van der Waals surface area contributed by atoms with E-state index in [1.807, 2.05) is 17.2 Å². The normalized spacial score (nSPS) is 21.6. The van der Waals surface area contributed by atoms with E-state index in [9.17, 15) is 14.0 Å². The number of aromatic nitrogens is 2. The second kappa shape index (κ2) is 9.33. The zero-order valence-corrected chi connectivity index (χ0v) is 18.7. The van der Waals surface area contributed by atoms with Crippen molar-refractivity contribution >= 4 is 29.3 Å². The van der Waals surface area contributed by atoms with Crippen molar-refractivity contribution in [2.45, 2.75) is 25.7 Å². The summed E-state index contributed by atoms with van der Waals surface area (Å²) in [5, 5.41) is 0. The van der Waals surface area contributed by atoms with E-state index in [0.717, 1.165) is 24.9 Å². The number of carbonyl (C=O) groups is 2. The van der Waals surface area contributed by atoms with E-state index in [0.29, 0.717) is 38.4 Å². The molecule has 174 valence electrons. The smallest absolute Gasteiger partial charge is 0.228 e. The van der Waals surface area contributed by atoms with Crippen LogP contribution in [0.2, 0.25) is 0 Å². The Bertz CT molecular complexity index is 1000. The second-order valence-corrected chi connectivity index (χ2v) is 8.96. The lowest BCUT2D eigenvalue weighted by atomic mass is 10.1. The minimum Gasteiger partial charge on any atom is -0.353 e. The molecule has 1 aromatic carbocycles. The zero-order chi connectivity index (χ0) is 22.8. The van der Waals surface area contributed by atoms with Crippen LogP contribution >= 0.6 is 0 Å². The van der Waals surface area contributed by atoms with Gasteiger partial charge in [0.25, 0.3) is 0 Å². The van der Waals surface area contributed by atoms with Gasteiger partial charge in [-0.1, -0.05) is 0 Å². The first kappa shape index (κ1) is 21.6. The van der Waals surface area contributed by atoms with Crippen LogP contribution in [-0.2, 0) is 9.59 Å². The fraction of sp³-hybridized carbons (Fsp3) is 0.500. The Morgan fingerprint density at radius 1 is 0.909 bits per heavy atom. The van der Waals surface area contributed by atoms with Crippen molar-refractivity contribution in [2.24, 2.45) is 5.92 Å². The maximum absolute atomic E-state index is 13.2. The summed E-state index contributed by atoms with van der Waals surface area (Å²) >= 11 is 0. The molecule has 1 aromatic heterocycles. The van der Waals surface area contributed by atoms with Gasteiger partial charge in [-0.15, -0.1) is 0 Å². The molecule has 3 aliphatic heterocycles. The van der Waals surface area contributed by atoms with Crippen molar-refractivity contribution in [3.05, 3.63) is 42.3 Å². The Labute approximate surface area is 193 Å². The number of carbonyl (C=O) groups excluding carboxylic acids is 2. The van der Waals surface area contributed by atoms with Crippen molar-refractivity contribution in [1.29, 1.82) is 0 Å². The SMILES string of the molecule is O=C(C1CC(=O)N(c2ccc(F)cc2)C1)N1CCN(c2ccnc(N3CCCCC3)n2)CC1. The van der Waals surface area contributed by atoms with Crippen LogP contribution in [0.3, 0.4) is 0 Å². The molecule has 3 saturated heterocycles. The van der Waals surface area contributed by atoms with Gasteiger partial charge in [-0.2, -0.15) is 4.98 Å². The third kappa shape index (κ3) is 4.62. The number of nitrogens with zero attached hydrogens (tertiary/aromatic N) is 6. The van der Waals surface area contributed by atoms with Gasteiger partial charge in [0.1, 0.15) is 11.6 Å². The minimum atomic E-state index is -0.362. The number of amides is 2. The van der Waals surface area contributed by atoms with Gasteiger partial charge in [0.15, 0.2) is 0 Å². The molecular formula is C24H29FN6O2. The van der Waals surface area contributed by atoms with Crippen LogP contribution in [0.1, 0.15) is 25.7 Å². The molecular weight excluding hydrogens is 423 g/mol. The zero-order valence-electron chi connectivity index (χ0n) is 18.7. The quantitative estimate of drug-likeness (QED) is 0.709. The molecule has 2 aromatic rings. The van der Waals surface area contributed by atoms with Crippen molar-refractivity contribution in [2.75, 3.05) is 60.5 Å². The van der Waals surface area contributed by atoms with Gasteiger partial charge in [0.2, 0.25) is 17.8 Å². The van der Waals surface area contributed by atoms with E-state index in [4.69, 9.17) is 4.98 Å². The molecule has 3 aliphatic rings. The number of piperazine rings is 1. The molecule has 0 spiro atoms. The van der Waals surface area contributed by atoms with Gasteiger partial charge in [0, 0.05) is 64.1 Å². The van der Waals surface area contributed by atoms with Gasteiger partial charge < -0.3 is 19.6 Å². The molecule has 0 aliphatic carbocycles. The molecule has 4 heterocycles. The van der Waals surface area contributed by atoms with E-state index in [1.165, 1.54) is 31.4 Å². The van der Waals surface area contributed by atoms with Crippen molar-refractivity contribution in [3.63, 3.8) is 0 Å². The van der Waals surface area contributed by atoms with Crippen LogP contribution in [-0.4, -0.2) is 72.5 Å². The molecule has 2 amide bonds. The Hall–Kier alpha value is -3.23. The molecule has 1 atom stereocenters. The molecule has 0 saturated carbocycles. The molecule has 1 unspecified atom stereocenters. The molecule has 5 rings (SSSR count). The van der Waals surface area contributed by atoms with Crippen LogP contribution < -0.4 is 14.7 Å². The monoisotopic (exact) mass is 452 g/mol. The third-order valence-electron chi connectivity index (χ3n) is 6.79. The lowest BCUT2D eigenvalue weighted by Crippen LogP contribution is -2.51. The highest BCUT2D eigenvalue weighted by Gasteiger charge is 2.38. The summed E-state index contributed by atoms with van der Waals surface area (Å²) in [5.41, 5.74) is 0.634. The summed E-state index contributed by atoms with van der Waals surface area (Å²) in [4.78, 5) is 42.7. The van der Waals surface area contributed by atoms with Crippen molar-refractivity contribution in [3.8, 4) is 0 Å². The number of halogens is 1. The largest absolute Gasteiger partial charge is 0.353 e. The Morgan fingerprint density at radius 3 is 2.36 bits per heavy atom. The van der Waals surface area contributed by atoms with Crippen LogP contribution in [0.5, 0.6) is 0 Å². The molecule has 33 heavy (non-hydrogen) atoms. The van der Waals surface area contributed by atoms with Crippen LogP contribution in [0.25, 0.3) is 0 Å². The second-order valence-electron chi connectivity index (χ2n) is 8.96. The molecule has 9 heteroatoms. The molecule has 0 bridgehead atoms. The highest BCUT2D eigenvalue weighted by atomic mass is 19.1. The summed E-state index contributed by atoms with van der Waals surface area (Å²) in [7, 11) is 0. The first-order valence-electron chi connectivity index (χ1n) is 11.8. The molecule has 0 radical (unpaired) electrons. The number of anilines is 3. The van der Waals surface area contributed by atoms with E-state index in [-0.39, 0.29) is 30.0 Å². The van der Waals surface area contributed by atoms with E-state index in [1.54, 1.807) is 17.0 Å². The van der Waals surface area contributed by atoms with Gasteiger partial charge in [-0.05, 0) is 49.6 Å². The Kier molecular flexibility index (Phi) is 6.11. The van der Waals surface area contributed by atoms with Gasteiger partial charge >= 0.3 is 0 Å². The summed E-state index contributed by atoms with van der Waals surface area (Å²) in [6, 6.07) is 7.76. The minimum absolute atomic E-state index is 0.0179. The van der Waals surface area contributed by atoms with Gasteiger partial charge in [0.05, 0.1) is 5.92 Å². The van der Waals surface area contributed by atoms with Crippen LogP contribution in [0.4, 0.5) is 21.8 Å². The predicted molar refractivity (Wildman–Crippen MR) is 124 cm³/mol. The van der Waals surface area contributed by atoms with Crippen LogP contribution in [0, 0.1) is 11.7 Å². The number of benzene rings is 1. The standard InChI is InChI=1S/C24H29FN6O2/c25-19-4-6-20(7-5-19)31-17-18(16-22(31)32)23(33)29-14-12-28(13-15-29)21-8-9-26-24(27-21)30-10-2-1-3-11-30/h4-9,18H,1-3,10-17H2. The summed E-state index contributed by atoms with van der Waals surface area (Å²) < 4.78 is 13.2. The molecule has 8 nitrogen and oxygen atoms in total. The van der Waals surface area contributed by atoms with Crippen molar-refractivity contribution < 1.29 is 14.0 Å². The topological polar surface area (TPSA) is 72.9 Å². The lowest BCUT2D eigenvalue weighted by molar-refractivity contribution is -0.136. The first-order valence-corrected chi connectivity index (χ1v) is 11.8. The number of piperidine rings is 1. The fourth-order valence-electron chi connectivity index (χ4n) is 4.92. The maximum atomic E-state index is 13.2. The summed E-state index contributed by atoms with van der Waals surface area (Å²) in [6.45, 7) is 4.94. The van der Waals surface area contributed by atoms with E-state index >= 15 is 0 Å². The van der Waals surface area contributed by atoms with Gasteiger partial charge in [-0.3, -0.25) is 9.59 Å². The average Bonchev–Trinajstić information content (AvgIpc) is 3.26. The Morgan fingerprint density at radius 2 is 1.64 bits per heavy atom. The van der Waals surface area contributed by atoms with E-state index in [2.05, 4.69) is 14.8 Å². The highest BCUT2D eigenvalue weighted by Crippen LogP contribution is 2.27. The summed E-state index contributed by atoms with van der Waals surface area (Å²) in [5.74, 6) is 0.905. The lowest BCUT2D eigenvalue weighted by Gasteiger charge is -2.37. The van der Waals surface area contributed by atoms with Gasteiger partial charge in [-0.25, -0.2) is 9.37 Å². The molecule has 3 fully saturated rings. The maximum Gasteiger partial charge on any atom is 0.228 e. The molecule has 0 N–H and O–H groups in total. The van der Waals surface area contributed by atoms with Crippen LogP contribution in [0.15, 0.2) is 36.5 Å². The average molecular weight is 453 g/mol. The highest BCUT2D eigenvalue weighted by molar-refractivity contribution is 6.00. The van der Waals surface area contributed by atoms with Crippen molar-refractivity contribution in [1.82, 2.24) is 14.9 Å². The fourth-order valence-corrected chi connectivity index (χ4v) is 4.92. The number of hydrogen-bond acceptors (Lipinski definition) is 6. The first-order chi connectivity index (χ1) is 16.1.